The highest BCUT2D eigenvalue weighted by atomic mass is 79.9. The standard InChI is InChI=1S/C10H15BrN4O2S/c1-4-17-9(16)15-7-12-13(3)8(18)14(7)6-10(15,2)5-11/h4-6H2,1-3H3. The van der Waals surface area contributed by atoms with Crippen molar-refractivity contribution in [2.24, 2.45) is 7.05 Å². The number of fused-ring (bicyclic) bond motifs is 1. The highest BCUT2D eigenvalue weighted by molar-refractivity contribution is 9.09. The molecular formula is C10H15BrN4O2S. The molecule has 1 aromatic rings. The minimum atomic E-state index is -0.406. The van der Waals surface area contributed by atoms with Crippen molar-refractivity contribution in [3.05, 3.63) is 4.77 Å². The van der Waals surface area contributed by atoms with Crippen molar-refractivity contribution in [2.45, 2.75) is 25.9 Å². The van der Waals surface area contributed by atoms with E-state index in [1.807, 2.05) is 11.5 Å². The fourth-order valence-corrected chi connectivity index (χ4v) is 2.65. The van der Waals surface area contributed by atoms with Gasteiger partial charge in [-0.05, 0) is 26.1 Å². The maximum atomic E-state index is 12.1. The zero-order chi connectivity index (χ0) is 13.5. The Labute approximate surface area is 119 Å². The van der Waals surface area contributed by atoms with Crippen LogP contribution in [-0.4, -0.2) is 37.9 Å². The van der Waals surface area contributed by atoms with Crippen LogP contribution in [0.1, 0.15) is 13.8 Å². The molecule has 0 spiro atoms. The molecule has 1 atom stereocenters. The van der Waals surface area contributed by atoms with Gasteiger partial charge in [0, 0.05) is 12.4 Å². The Hall–Kier alpha value is -0.890. The van der Waals surface area contributed by atoms with Crippen LogP contribution in [0.15, 0.2) is 0 Å². The van der Waals surface area contributed by atoms with Gasteiger partial charge in [-0.25, -0.2) is 14.4 Å². The van der Waals surface area contributed by atoms with Crippen molar-refractivity contribution in [1.82, 2.24) is 14.3 Å². The third-order valence-electron chi connectivity index (χ3n) is 2.97. The average molecular weight is 335 g/mol. The Balaban J connectivity index is 2.50. The fourth-order valence-electron chi connectivity index (χ4n) is 2.04. The average Bonchev–Trinajstić information content (AvgIpc) is 2.75. The third kappa shape index (κ3) is 1.87. The smallest absolute Gasteiger partial charge is 0.417 e. The van der Waals surface area contributed by atoms with E-state index in [2.05, 4.69) is 21.0 Å². The molecular weight excluding hydrogens is 320 g/mol. The van der Waals surface area contributed by atoms with Gasteiger partial charge in [-0.1, -0.05) is 15.9 Å². The van der Waals surface area contributed by atoms with E-state index >= 15 is 0 Å². The molecule has 2 rings (SSSR count). The summed E-state index contributed by atoms with van der Waals surface area (Å²) >= 11 is 8.72. The van der Waals surface area contributed by atoms with Crippen LogP contribution in [0.3, 0.4) is 0 Å². The molecule has 0 bridgehead atoms. The van der Waals surface area contributed by atoms with Gasteiger partial charge in [0.05, 0.1) is 18.7 Å². The summed E-state index contributed by atoms with van der Waals surface area (Å²) in [6, 6.07) is 0. The quantitative estimate of drug-likeness (QED) is 0.613. The summed E-state index contributed by atoms with van der Waals surface area (Å²) in [5.74, 6) is 0.544. The summed E-state index contributed by atoms with van der Waals surface area (Å²) < 4.78 is 9.14. The number of carbonyl (C=O) groups excluding carboxylic acids is 1. The van der Waals surface area contributed by atoms with Crippen LogP contribution in [0.25, 0.3) is 0 Å². The highest BCUT2D eigenvalue weighted by Crippen LogP contribution is 2.34. The van der Waals surface area contributed by atoms with Crippen LogP contribution >= 0.6 is 28.1 Å². The second kappa shape index (κ2) is 4.65. The number of nitrogens with zero attached hydrogens (tertiary/aromatic N) is 4. The van der Waals surface area contributed by atoms with Crippen LogP contribution in [0.4, 0.5) is 10.7 Å². The Kier molecular flexibility index (Phi) is 3.50. The Bertz CT molecular complexity index is 540. The molecule has 8 heteroatoms. The number of carbonyl (C=O) groups is 1. The molecule has 1 aliphatic heterocycles. The minimum Gasteiger partial charge on any atom is -0.449 e. The summed E-state index contributed by atoms with van der Waals surface area (Å²) in [7, 11) is 1.77. The molecule has 0 fully saturated rings. The maximum absolute atomic E-state index is 12.1. The largest absolute Gasteiger partial charge is 0.449 e. The first-order valence-corrected chi connectivity index (χ1v) is 7.14. The molecule has 0 aliphatic carbocycles. The van der Waals surface area contributed by atoms with E-state index in [0.717, 1.165) is 0 Å². The van der Waals surface area contributed by atoms with Gasteiger partial charge in [0.1, 0.15) is 0 Å². The lowest BCUT2D eigenvalue weighted by Crippen LogP contribution is -2.50. The van der Waals surface area contributed by atoms with Crippen LogP contribution < -0.4 is 4.90 Å². The number of hydrogen-bond acceptors (Lipinski definition) is 4. The van der Waals surface area contributed by atoms with Gasteiger partial charge in [-0.3, -0.25) is 4.57 Å². The molecule has 1 aliphatic rings. The van der Waals surface area contributed by atoms with Crippen molar-refractivity contribution in [2.75, 3.05) is 16.8 Å². The molecule has 1 amide bonds. The number of amides is 1. The van der Waals surface area contributed by atoms with E-state index in [1.165, 1.54) is 0 Å². The van der Waals surface area contributed by atoms with Crippen molar-refractivity contribution in [3.8, 4) is 0 Å². The van der Waals surface area contributed by atoms with Gasteiger partial charge in [0.15, 0.2) is 4.77 Å². The van der Waals surface area contributed by atoms with Crippen LogP contribution in [-0.2, 0) is 18.3 Å². The summed E-state index contributed by atoms with van der Waals surface area (Å²) in [6.07, 6.45) is -0.390. The van der Waals surface area contributed by atoms with Gasteiger partial charge < -0.3 is 4.74 Å². The lowest BCUT2D eigenvalue weighted by Gasteiger charge is -2.30. The van der Waals surface area contributed by atoms with Gasteiger partial charge >= 0.3 is 6.09 Å². The number of hydrogen-bond donors (Lipinski definition) is 0. The number of rotatable bonds is 2. The van der Waals surface area contributed by atoms with Crippen LogP contribution in [0.5, 0.6) is 0 Å². The third-order valence-corrected chi connectivity index (χ3v) is 4.66. The molecule has 0 aromatic carbocycles. The molecule has 0 saturated heterocycles. The number of aromatic nitrogens is 3. The van der Waals surface area contributed by atoms with Gasteiger partial charge in [-0.15, -0.1) is 5.10 Å². The molecule has 2 heterocycles. The van der Waals surface area contributed by atoms with E-state index in [9.17, 15) is 4.79 Å². The summed E-state index contributed by atoms with van der Waals surface area (Å²) in [5, 5.41) is 4.92. The fraction of sp³-hybridized carbons (Fsp3) is 0.700. The maximum Gasteiger partial charge on any atom is 0.417 e. The molecule has 0 radical (unpaired) electrons. The number of alkyl halides is 1. The lowest BCUT2D eigenvalue weighted by atomic mass is 10.1. The topological polar surface area (TPSA) is 52.3 Å². The monoisotopic (exact) mass is 334 g/mol. The predicted octanol–water partition coefficient (Wildman–Crippen LogP) is 2.08. The number of halogens is 1. The molecule has 100 valence electrons. The molecule has 18 heavy (non-hydrogen) atoms. The van der Waals surface area contributed by atoms with E-state index in [-0.39, 0.29) is 0 Å². The number of ether oxygens (including phenoxy) is 1. The SMILES string of the molecule is CCOC(=O)N1c2nn(C)c(=S)n2CC1(C)CBr. The first-order valence-electron chi connectivity index (χ1n) is 5.61. The Morgan fingerprint density at radius 1 is 1.67 bits per heavy atom. The van der Waals surface area contributed by atoms with Gasteiger partial charge in [0.25, 0.3) is 0 Å². The van der Waals surface area contributed by atoms with E-state index < -0.39 is 11.6 Å². The number of anilines is 1. The predicted molar refractivity (Wildman–Crippen MR) is 73.7 cm³/mol. The first kappa shape index (κ1) is 13.5. The van der Waals surface area contributed by atoms with Gasteiger partial charge in [-0.2, -0.15) is 0 Å². The van der Waals surface area contributed by atoms with Crippen molar-refractivity contribution >= 4 is 40.2 Å². The first-order chi connectivity index (χ1) is 8.44. The van der Waals surface area contributed by atoms with E-state index in [1.54, 1.807) is 23.6 Å². The van der Waals surface area contributed by atoms with E-state index in [0.29, 0.717) is 29.2 Å². The second-order valence-corrected chi connectivity index (χ2v) is 5.38. The van der Waals surface area contributed by atoms with E-state index in [4.69, 9.17) is 17.0 Å². The highest BCUT2D eigenvalue weighted by Gasteiger charge is 2.46. The normalized spacial score (nSPS) is 22.1. The van der Waals surface area contributed by atoms with Crippen molar-refractivity contribution in [1.29, 1.82) is 0 Å². The molecule has 1 aromatic heterocycles. The Morgan fingerprint density at radius 2 is 2.33 bits per heavy atom. The molecule has 6 nitrogen and oxygen atoms in total. The van der Waals surface area contributed by atoms with Crippen molar-refractivity contribution in [3.63, 3.8) is 0 Å². The molecule has 0 saturated carbocycles. The second-order valence-electron chi connectivity index (χ2n) is 4.46. The van der Waals surface area contributed by atoms with Crippen LogP contribution in [0.2, 0.25) is 0 Å². The minimum absolute atomic E-state index is 0.335. The Morgan fingerprint density at radius 3 is 2.89 bits per heavy atom. The molecule has 1 unspecified atom stereocenters. The summed E-state index contributed by atoms with van der Waals surface area (Å²) in [5.41, 5.74) is -0.406. The van der Waals surface area contributed by atoms with Crippen LogP contribution in [0, 0.1) is 4.77 Å². The lowest BCUT2D eigenvalue weighted by molar-refractivity contribution is 0.154. The molecule has 0 N–H and O–H groups in total. The number of aryl methyl sites for hydroxylation is 1. The summed E-state index contributed by atoms with van der Waals surface area (Å²) in [6.45, 7) is 4.70. The van der Waals surface area contributed by atoms with Crippen molar-refractivity contribution < 1.29 is 9.53 Å². The zero-order valence-electron chi connectivity index (χ0n) is 10.5. The van der Waals surface area contributed by atoms with Gasteiger partial charge in [0.2, 0.25) is 5.95 Å². The zero-order valence-corrected chi connectivity index (χ0v) is 12.9. The summed E-state index contributed by atoms with van der Waals surface area (Å²) in [4.78, 5) is 13.7.